The zero-order valence-corrected chi connectivity index (χ0v) is 12.4. The van der Waals surface area contributed by atoms with Gasteiger partial charge in [0.25, 0.3) is 0 Å². The summed E-state index contributed by atoms with van der Waals surface area (Å²) in [5.41, 5.74) is 4.36. The second-order valence-corrected chi connectivity index (χ2v) is 5.17. The summed E-state index contributed by atoms with van der Waals surface area (Å²) in [7, 11) is 0. The summed E-state index contributed by atoms with van der Waals surface area (Å²) in [5.74, 6) is 0.0840. The molecule has 0 saturated heterocycles. The lowest BCUT2D eigenvalue weighted by Gasteiger charge is -2.10. The van der Waals surface area contributed by atoms with Gasteiger partial charge in [-0.1, -0.05) is 60.7 Å². The van der Waals surface area contributed by atoms with Crippen molar-refractivity contribution in [3.8, 4) is 22.5 Å². The first-order valence-electron chi connectivity index (χ1n) is 7.20. The molecule has 3 rings (SSSR count). The van der Waals surface area contributed by atoms with Crippen molar-refractivity contribution in [2.75, 3.05) is 0 Å². The normalized spacial score (nSPS) is 10.4. The number of carbonyl (C=O) groups excluding carboxylic acids is 1. The molecule has 108 valence electrons. The van der Waals surface area contributed by atoms with E-state index in [9.17, 15) is 4.79 Å². The molecular formula is C19H16N2O. The van der Waals surface area contributed by atoms with E-state index in [1.54, 1.807) is 13.1 Å². The molecule has 0 aliphatic heterocycles. The topological polar surface area (TPSA) is 42.9 Å². The average molecular weight is 288 g/mol. The Balaban J connectivity index is 2.15. The second kappa shape index (κ2) is 6.31. The van der Waals surface area contributed by atoms with E-state index in [0.717, 1.165) is 22.5 Å². The predicted octanol–water partition coefficient (Wildman–Crippen LogP) is 3.94. The third-order valence-electron chi connectivity index (χ3n) is 3.35. The molecule has 0 saturated carbocycles. The molecule has 0 unspecified atom stereocenters. The van der Waals surface area contributed by atoms with E-state index < -0.39 is 0 Å². The number of carbonyl (C=O) groups is 1. The number of benzene rings is 2. The number of Topliss-reactive ketones (excluding diaryl/α,β-unsaturated/α-hetero) is 1. The third-order valence-corrected chi connectivity index (χ3v) is 3.35. The fraction of sp³-hybridized carbons (Fsp3) is 0.105. The van der Waals surface area contributed by atoms with Crippen molar-refractivity contribution in [2.24, 2.45) is 0 Å². The minimum Gasteiger partial charge on any atom is -0.300 e. The summed E-state index contributed by atoms with van der Waals surface area (Å²) < 4.78 is 0. The monoisotopic (exact) mass is 288 g/mol. The van der Waals surface area contributed by atoms with E-state index >= 15 is 0 Å². The lowest BCUT2D eigenvalue weighted by Crippen LogP contribution is -2.03. The van der Waals surface area contributed by atoms with Gasteiger partial charge >= 0.3 is 0 Å². The zero-order valence-electron chi connectivity index (χ0n) is 12.4. The Bertz CT molecular complexity index is 783. The highest BCUT2D eigenvalue weighted by Crippen LogP contribution is 2.28. The van der Waals surface area contributed by atoms with Crippen LogP contribution >= 0.6 is 0 Å². The maximum atomic E-state index is 11.3. The van der Waals surface area contributed by atoms with Crippen LogP contribution in [0.3, 0.4) is 0 Å². The Morgan fingerprint density at radius 2 is 1.41 bits per heavy atom. The lowest BCUT2D eigenvalue weighted by molar-refractivity contribution is -0.116. The first-order valence-corrected chi connectivity index (χ1v) is 7.20. The molecule has 0 fully saturated rings. The van der Waals surface area contributed by atoms with Crippen molar-refractivity contribution in [1.29, 1.82) is 0 Å². The lowest BCUT2D eigenvalue weighted by atomic mass is 10.0. The molecule has 3 nitrogen and oxygen atoms in total. The highest BCUT2D eigenvalue weighted by atomic mass is 16.1. The van der Waals surface area contributed by atoms with Gasteiger partial charge in [-0.15, -0.1) is 0 Å². The van der Waals surface area contributed by atoms with Crippen LogP contribution in [-0.4, -0.2) is 15.8 Å². The van der Waals surface area contributed by atoms with Crippen LogP contribution in [0.1, 0.15) is 12.6 Å². The largest absolute Gasteiger partial charge is 0.300 e. The number of rotatable bonds is 4. The zero-order chi connectivity index (χ0) is 15.4. The van der Waals surface area contributed by atoms with Gasteiger partial charge in [-0.3, -0.25) is 9.78 Å². The van der Waals surface area contributed by atoms with Gasteiger partial charge < -0.3 is 0 Å². The average Bonchev–Trinajstić information content (AvgIpc) is 2.56. The summed E-state index contributed by atoms with van der Waals surface area (Å²) in [6.07, 6.45) is 2.00. The van der Waals surface area contributed by atoms with E-state index in [4.69, 9.17) is 0 Å². The quantitative estimate of drug-likeness (QED) is 0.730. The summed E-state index contributed by atoms with van der Waals surface area (Å²) in [5, 5.41) is 0. The summed E-state index contributed by atoms with van der Waals surface area (Å²) in [4.78, 5) is 20.6. The van der Waals surface area contributed by atoms with Gasteiger partial charge in [0.15, 0.2) is 0 Å². The van der Waals surface area contributed by atoms with Crippen molar-refractivity contribution in [2.45, 2.75) is 13.3 Å². The second-order valence-electron chi connectivity index (χ2n) is 5.17. The minimum atomic E-state index is 0.0840. The SMILES string of the molecule is CC(=O)Cc1cnc(-c2ccccc2)c(-c2ccccc2)n1. The molecule has 1 aromatic heterocycles. The van der Waals surface area contributed by atoms with Crippen LogP contribution in [0.5, 0.6) is 0 Å². The fourth-order valence-corrected chi connectivity index (χ4v) is 2.37. The van der Waals surface area contributed by atoms with Crippen molar-refractivity contribution in [1.82, 2.24) is 9.97 Å². The van der Waals surface area contributed by atoms with Crippen LogP contribution in [0.25, 0.3) is 22.5 Å². The van der Waals surface area contributed by atoms with E-state index in [1.165, 1.54) is 0 Å². The van der Waals surface area contributed by atoms with Gasteiger partial charge in [-0.2, -0.15) is 0 Å². The molecule has 0 spiro atoms. The Labute approximate surface area is 129 Å². The molecule has 0 aliphatic carbocycles. The number of aromatic nitrogens is 2. The Kier molecular flexibility index (Phi) is 4.05. The van der Waals surface area contributed by atoms with Crippen LogP contribution in [0.15, 0.2) is 66.9 Å². The number of ketones is 1. The van der Waals surface area contributed by atoms with E-state index in [2.05, 4.69) is 9.97 Å². The molecule has 22 heavy (non-hydrogen) atoms. The predicted molar refractivity (Wildman–Crippen MR) is 87.3 cm³/mol. The molecule has 0 bridgehead atoms. The fourth-order valence-electron chi connectivity index (χ4n) is 2.37. The first-order chi connectivity index (χ1) is 10.7. The molecule has 0 radical (unpaired) electrons. The third kappa shape index (κ3) is 3.09. The Hall–Kier alpha value is -2.81. The molecule has 0 amide bonds. The standard InChI is InChI=1S/C19H16N2O/c1-14(22)12-17-13-20-18(15-8-4-2-5-9-15)19(21-17)16-10-6-3-7-11-16/h2-11,13H,12H2,1H3. The van der Waals surface area contributed by atoms with Crippen LogP contribution < -0.4 is 0 Å². The first kappa shape index (κ1) is 14.1. The van der Waals surface area contributed by atoms with Gasteiger partial charge in [0.2, 0.25) is 0 Å². The van der Waals surface area contributed by atoms with E-state index in [0.29, 0.717) is 12.1 Å². The smallest absolute Gasteiger partial charge is 0.135 e. The van der Waals surface area contributed by atoms with Crippen molar-refractivity contribution in [3.05, 3.63) is 72.6 Å². The van der Waals surface area contributed by atoms with Crippen LogP contribution in [0.4, 0.5) is 0 Å². The maximum absolute atomic E-state index is 11.3. The van der Waals surface area contributed by atoms with E-state index in [1.807, 2.05) is 60.7 Å². The molecule has 1 heterocycles. The molecule has 3 aromatic rings. The summed E-state index contributed by atoms with van der Waals surface area (Å²) >= 11 is 0. The molecular weight excluding hydrogens is 272 g/mol. The maximum Gasteiger partial charge on any atom is 0.135 e. The van der Waals surface area contributed by atoms with Crippen molar-refractivity contribution in [3.63, 3.8) is 0 Å². The molecule has 0 N–H and O–H groups in total. The Morgan fingerprint density at radius 1 is 0.864 bits per heavy atom. The van der Waals surface area contributed by atoms with Gasteiger partial charge in [0.05, 0.1) is 17.1 Å². The van der Waals surface area contributed by atoms with Gasteiger partial charge in [-0.05, 0) is 6.92 Å². The summed E-state index contributed by atoms with van der Waals surface area (Å²) in [6, 6.07) is 19.9. The molecule has 0 aliphatic rings. The van der Waals surface area contributed by atoms with Crippen LogP contribution in [0.2, 0.25) is 0 Å². The highest BCUT2D eigenvalue weighted by molar-refractivity contribution is 5.80. The van der Waals surface area contributed by atoms with Crippen LogP contribution in [0, 0.1) is 0 Å². The van der Waals surface area contributed by atoms with Gasteiger partial charge in [0, 0.05) is 23.7 Å². The number of nitrogens with zero attached hydrogens (tertiary/aromatic N) is 2. The Morgan fingerprint density at radius 3 is 1.95 bits per heavy atom. The molecule has 0 atom stereocenters. The minimum absolute atomic E-state index is 0.0840. The summed E-state index contributed by atoms with van der Waals surface area (Å²) in [6.45, 7) is 1.56. The van der Waals surface area contributed by atoms with E-state index in [-0.39, 0.29) is 5.78 Å². The molecule has 2 aromatic carbocycles. The van der Waals surface area contributed by atoms with Gasteiger partial charge in [0.1, 0.15) is 5.78 Å². The van der Waals surface area contributed by atoms with Crippen LogP contribution in [-0.2, 0) is 11.2 Å². The van der Waals surface area contributed by atoms with Crippen molar-refractivity contribution < 1.29 is 4.79 Å². The molecule has 3 heteroatoms. The van der Waals surface area contributed by atoms with Crippen molar-refractivity contribution >= 4 is 5.78 Å². The van der Waals surface area contributed by atoms with Gasteiger partial charge in [-0.25, -0.2) is 4.98 Å². The number of hydrogen-bond donors (Lipinski definition) is 0. The number of hydrogen-bond acceptors (Lipinski definition) is 3. The highest BCUT2D eigenvalue weighted by Gasteiger charge is 2.12.